The molecule has 0 radical (unpaired) electrons. The van der Waals surface area contributed by atoms with Crippen molar-refractivity contribution in [3.05, 3.63) is 12.2 Å². The first-order valence-corrected chi connectivity index (χ1v) is 1.91. The lowest BCUT2D eigenvalue weighted by molar-refractivity contribution is -0.0802. The summed E-state index contributed by atoms with van der Waals surface area (Å²) in [6.45, 7) is -0.570. The molecule has 0 bridgehead atoms. The summed E-state index contributed by atoms with van der Waals surface area (Å²) in [5.41, 5.74) is 0. The van der Waals surface area contributed by atoms with Crippen LogP contribution in [0.4, 0.5) is 13.2 Å². The van der Waals surface area contributed by atoms with Crippen molar-refractivity contribution in [3.63, 3.8) is 0 Å². The maximum atomic E-state index is 11.0. The predicted octanol–water partition coefficient (Wildman–Crippen LogP) is 1.10. The van der Waals surface area contributed by atoms with Crippen LogP contribution in [-0.2, 0) is 0 Å². The van der Waals surface area contributed by atoms with Gasteiger partial charge in [0.1, 0.15) is 0 Å². The number of rotatable bonds is 1. The van der Waals surface area contributed by atoms with Crippen molar-refractivity contribution in [2.75, 3.05) is 6.61 Å². The van der Waals surface area contributed by atoms with E-state index in [0.29, 0.717) is 6.08 Å². The molecule has 1 nitrogen and oxygen atoms in total. The van der Waals surface area contributed by atoms with E-state index in [1.807, 2.05) is 0 Å². The van der Waals surface area contributed by atoms with Crippen LogP contribution in [0.5, 0.6) is 0 Å². The van der Waals surface area contributed by atoms with E-state index < -0.39 is 12.8 Å². The van der Waals surface area contributed by atoms with E-state index in [4.69, 9.17) is 5.11 Å². The van der Waals surface area contributed by atoms with Gasteiger partial charge in [-0.3, -0.25) is 0 Å². The monoisotopic (exact) mass is 126 g/mol. The Morgan fingerprint density at radius 2 is 1.88 bits per heavy atom. The summed E-state index contributed by atoms with van der Waals surface area (Å²) in [6, 6.07) is 0. The fourth-order valence-electron chi connectivity index (χ4n) is 0.186. The highest BCUT2D eigenvalue weighted by atomic mass is 19.4. The van der Waals surface area contributed by atoms with Crippen molar-refractivity contribution < 1.29 is 18.3 Å². The van der Waals surface area contributed by atoms with Crippen molar-refractivity contribution in [3.8, 4) is 0 Å². The molecule has 0 aromatic rings. The molecule has 0 heterocycles. The van der Waals surface area contributed by atoms with Crippen LogP contribution in [0.2, 0.25) is 0 Å². The van der Waals surface area contributed by atoms with Crippen molar-refractivity contribution in [2.45, 2.75) is 6.18 Å². The van der Waals surface area contributed by atoms with Gasteiger partial charge in [-0.25, -0.2) is 0 Å². The van der Waals surface area contributed by atoms with Gasteiger partial charge >= 0.3 is 6.18 Å². The highest BCUT2D eigenvalue weighted by molar-refractivity contribution is 4.87. The zero-order valence-electron chi connectivity index (χ0n) is 3.94. The Kier molecular flexibility index (Phi) is 2.54. The van der Waals surface area contributed by atoms with Gasteiger partial charge in [-0.1, -0.05) is 6.08 Å². The summed E-state index contributed by atoms with van der Waals surface area (Å²) in [4.78, 5) is 0. The molecule has 0 aliphatic heterocycles. The lowest BCUT2D eigenvalue weighted by Gasteiger charge is -1.94. The number of allylic oxidation sites excluding steroid dienone is 1. The molecule has 0 unspecified atom stereocenters. The quantitative estimate of drug-likeness (QED) is 0.521. The van der Waals surface area contributed by atoms with Crippen molar-refractivity contribution in [1.29, 1.82) is 0 Å². The van der Waals surface area contributed by atoms with E-state index in [0.717, 1.165) is 0 Å². The lowest BCUT2D eigenvalue weighted by atomic mass is 10.5. The lowest BCUT2D eigenvalue weighted by Crippen LogP contribution is -2.00. The molecule has 0 saturated heterocycles. The first-order valence-electron chi connectivity index (χ1n) is 1.91. The first kappa shape index (κ1) is 7.49. The first-order chi connectivity index (χ1) is 3.56. The summed E-state index contributed by atoms with van der Waals surface area (Å²) < 4.78 is 33.1. The normalized spacial score (nSPS) is 13.0. The molecule has 0 atom stereocenters. The third-order valence-electron chi connectivity index (χ3n) is 0.412. The molecule has 0 rings (SSSR count). The molecule has 8 heavy (non-hydrogen) atoms. The van der Waals surface area contributed by atoms with Crippen LogP contribution in [0.3, 0.4) is 0 Å². The number of halogens is 3. The van der Waals surface area contributed by atoms with Gasteiger partial charge in [-0.2, -0.15) is 13.2 Å². The average Bonchev–Trinajstić information content (AvgIpc) is 1.59. The van der Waals surface area contributed by atoms with E-state index in [1.54, 1.807) is 0 Å². The second-order valence-corrected chi connectivity index (χ2v) is 1.13. The molecule has 0 spiro atoms. The van der Waals surface area contributed by atoms with Crippen LogP contribution in [0.25, 0.3) is 0 Å². The van der Waals surface area contributed by atoms with E-state index in [-0.39, 0.29) is 6.08 Å². The van der Waals surface area contributed by atoms with Crippen molar-refractivity contribution in [2.24, 2.45) is 0 Å². The maximum absolute atomic E-state index is 11.0. The summed E-state index contributed by atoms with van der Waals surface area (Å²) in [5.74, 6) is 0. The van der Waals surface area contributed by atoms with Gasteiger partial charge in [0.15, 0.2) is 0 Å². The van der Waals surface area contributed by atoms with Gasteiger partial charge in [-0.15, -0.1) is 0 Å². The van der Waals surface area contributed by atoms with E-state index >= 15 is 0 Å². The second-order valence-electron chi connectivity index (χ2n) is 1.13. The standard InChI is InChI=1S/C4H5F3O/c5-4(6,7)2-1-3-8/h1-2,8H,3H2. The number of alkyl halides is 3. The summed E-state index contributed by atoms with van der Waals surface area (Å²) in [6.07, 6.45) is -3.66. The fraction of sp³-hybridized carbons (Fsp3) is 0.500. The Morgan fingerprint density at radius 1 is 1.38 bits per heavy atom. The third kappa shape index (κ3) is 5.49. The molecular weight excluding hydrogens is 121 g/mol. The number of aliphatic hydroxyl groups excluding tert-OH is 1. The molecule has 0 fully saturated rings. The van der Waals surface area contributed by atoms with Crippen LogP contribution in [0.1, 0.15) is 0 Å². The van der Waals surface area contributed by atoms with Gasteiger partial charge < -0.3 is 5.11 Å². The molecule has 0 saturated carbocycles. The largest absolute Gasteiger partial charge is 0.409 e. The maximum Gasteiger partial charge on any atom is 0.409 e. The summed E-state index contributed by atoms with van der Waals surface area (Å²) >= 11 is 0. The number of aliphatic hydroxyl groups is 1. The van der Waals surface area contributed by atoms with Gasteiger partial charge in [0.2, 0.25) is 0 Å². The Morgan fingerprint density at radius 3 is 2.00 bits per heavy atom. The minimum atomic E-state index is -4.29. The number of hydrogen-bond donors (Lipinski definition) is 1. The molecule has 0 aromatic heterocycles. The van der Waals surface area contributed by atoms with Crippen LogP contribution in [0, 0.1) is 0 Å². The highest BCUT2D eigenvalue weighted by Gasteiger charge is 2.21. The van der Waals surface area contributed by atoms with Crippen molar-refractivity contribution >= 4 is 0 Å². The molecule has 1 N–H and O–H groups in total. The van der Waals surface area contributed by atoms with Crippen molar-refractivity contribution in [1.82, 2.24) is 0 Å². The summed E-state index contributed by atoms with van der Waals surface area (Å²) in [5, 5.41) is 7.84. The van der Waals surface area contributed by atoms with Crippen LogP contribution in [0.15, 0.2) is 12.2 Å². The topological polar surface area (TPSA) is 20.2 Å². The zero-order chi connectivity index (χ0) is 6.62. The Bertz CT molecular complexity index is 83.8. The van der Waals surface area contributed by atoms with E-state index in [2.05, 4.69) is 0 Å². The Labute approximate surface area is 44.4 Å². The molecule has 0 aromatic carbocycles. The predicted molar refractivity (Wildman–Crippen MR) is 22.3 cm³/mol. The van der Waals surface area contributed by atoms with Gasteiger partial charge in [-0.05, 0) is 0 Å². The number of hydrogen-bond acceptors (Lipinski definition) is 1. The minimum absolute atomic E-state index is 0.00694. The molecule has 0 aliphatic rings. The molecule has 4 heteroatoms. The fourth-order valence-corrected chi connectivity index (χ4v) is 0.186. The van der Waals surface area contributed by atoms with E-state index in [9.17, 15) is 13.2 Å². The van der Waals surface area contributed by atoms with Crippen LogP contribution in [-0.4, -0.2) is 17.9 Å². The summed E-state index contributed by atoms with van der Waals surface area (Å²) in [7, 11) is 0. The highest BCUT2D eigenvalue weighted by Crippen LogP contribution is 2.15. The smallest absolute Gasteiger partial charge is 0.392 e. The SMILES string of the molecule is OCC=CC(F)(F)F. The third-order valence-corrected chi connectivity index (χ3v) is 0.412. The van der Waals surface area contributed by atoms with Crippen LogP contribution >= 0.6 is 0 Å². The molecule has 48 valence electrons. The van der Waals surface area contributed by atoms with Gasteiger partial charge in [0.25, 0.3) is 0 Å². The Hall–Kier alpha value is -0.510. The van der Waals surface area contributed by atoms with Crippen LogP contribution < -0.4 is 0 Å². The van der Waals surface area contributed by atoms with Gasteiger partial charge in [0.05, 0.1) is 6.61 Å². The minimum Gasteiger partial charge on any atom is -0.392 e. The zero-order valence-corrected chi connectivity index (χ0v) is 3.94. The average molecular weight is 126 g/mol. The molecular formula is C4H5F3O. The van der Waals surface area contributed by atoms with E-state index in [1.165, 1.54) is 0 Å². The molecule has 0 aliphatic carbocycles. The second kappa shape index (κ2) is 2.71. The van der Waals surface area contributed by atoms with Gasteiger partial charge in [0, 0.05) is 6.08 Å². The molecule has 0 amide bonds. The Balaban J connectivity index is 3.52.